The van der Waals surface area contributed by atoms with Crippen LogP contribution in [0.5, 0.6) is 0 Å². The number of amides is 4. The van der Waals surface area contributed by atoms with Gasteiger partial charge >= 0.3 is 6.03 Å². The van der Waals surface area contributed by atoms with E-state index in [2.05, 4.69) is 4.98 Å². The molecule has 0 N–H and O–H groups in total. The van der Waals surface area contributed by atoms with Gasteiger partial charge in [0.05, 0.1) is 5.02 Å². The molecule has 4 amide bonds. The maximum Gasteiger partial charge on any atom is 0.327 e. The van der Waals surface area contributed by atoms with Crippen LogP contribution in [0.25, 0.3) is 5.65 Å². The molecule has 1 spiro atoms. The zero-order chi connectivity index (χ0) is 19.5. The first-order valence-corrected chi connectivity index (χ1v) is 8.82. The van der Waals surface area contributed by atoms with Gasteiger partial charge < -0.3 is 9.80 Å². The molecule has 0 saturated carbocycles. The van der Waals surface area contributed by atoms with E-state index in [4.69, 9.17) is 11.6 Å². The number of likely N-dealkylation sites (N-methyl/N-ethyl adjacent to an activating group) is 2. The number of carbonyl (C=O) groups is 3. The fourth-order valence-corrected chi connectivity index (χ4v) is 4.02. The lowest BCUT2D eigenvalue weighted by molar-refractivity contribution is -0.134. The van der Waals surface area contributed by atoms with Gasteiger partial charge in [-0.05, 0) is 25.0 Å². The van der Waals surface area contributed by atoms with Crippen molar-refractivity contribution in [2.24, 2.45) is 0 Å². The lowest BCUT2D eigenvalue weighted by atomic mass is 9.86. The maximum atomic E-state index is 14.6. The Morgan fingerprint density at radius 3 is 2.48 bits per heavy atom. The second kappa shape index (κ2) is 5.91. The van der Waals surface area contributed by atoms with Gasteiger partial charge in [-0.25, -0.2) is 9.78 Å². The standard InChI is InChI=1S/C17H17ClFN5O3/c1-21-15(26)17(22(2)16(21)27)5-7-23(8-6-17)14(25)12-13(19)24-9-10(18)3-4-11(24)20-12/h3-4,9H,5-8H2,1-2H3. The minimum absolute atomic E-state index is 0.226. The Morgan fingerprint density at radius 1 is 1.22 bits per heavy atom. The van der Waals surface area contributed by atoms with Crippen LogP contribution in [0.15, 0.2) is 18.3 Å². The number of imidazole rings is 1. The molecule has 0 atom stereocenters. The molecule has 2 fully saturated rings. The number of rotatable bonds is 1. The quantitative estimate of drug-likeness (QED) is 0.690. The van der Waals surface area contributed by atoms with Crippen LogP contribution in [0.2, 0.25) is 5.02 Å². The molecule has 8 nitrogen and oxygen atoms in total. The summed E-state index contributed by atoms with van der Waals surface area (Å²) in [5.41, 5.74) is -0.938. The Bertz CT molecular complexity index is 982. The van der Waals surface area contributed by atoms with Gasteiger partial charge in [0, 0.05) is 33.4 Å². The smallest absolute Gasteiger partial charge is 0.327 e. The van der Waals surface area contributed by atoms with Crippen molar-refractivity contribution in [3.8, 4) is 0 Å². The van der Waals surface area contributed by atoms with Crippen LogP contribution in [-0.4, -0.2) is 74.7 Å². The Kier molecular flexibility index (Phi) is 3.88. The van der Waals surface area contributed by atoms with Gasteiger partial charge in [-0.2, -0.15) is 4.39 Å². The minimum Gasteiger partial charge on any atom is -0.337 e. The molecule has 10 heteroatoms. The summed E-state index contributed by atoms with van der Waals surface area (Å²) in [5, 5.41) is 0.328. The highest BCUT2D eigenvalue weighted by atomic mass is 35.5. The number of urea groups is 1. The Labute approximate surface area is 159 Å². The summed E-state index contributed by atoms with van der Waals surface area (Å²) < 4.78 is 15.7. The molecular weight excluding hydrogens is 377 g/mol. The molecular formula is C17H17ClFN5O3. The third-order valence-corrected chi connectivity index (χ3v) is 5.75. The average Bonchev–Trinajstić information content (AvgIpc) is 3.07. The number of halogens is 2. The molecule has 0 radical (unpaired) electrons. The van der Waals surface area contributed by atoms with Crippen molar-refractivity contribution in [1.29, 1.82) is 0 Å². The normalized spacial score (nSPS) is 19.6. The van der Waals surface area contributed by atoms with Crippen LogP contribution in [0.1, 0.15) is 23.3 Å². The summed E-state index contributed by atoms with van der Waals surface area (Å²) in [6.45, 7) is 0.453. The van der Waals surface area contributed by atoms with Crippen molar-refractivity contribution in [2.75, 3.05) is 27.2 Å². The topological polar surface area (TPSA) is 78.2 Å². The van der Waals surface area contributed by atoms with Crippen molar-refractivity contribution < 1.29 is 18.8 Å². The van der Waals surface area contributed by atoms with Crippen LogP contribution in [0.4, 0.5) is 9.18 Å². The SMILES string of the molecule is CN1C(=O)N(C)C2(CCN(C(=O)c3nc4ccc(Cl)cn4c3F)CC2)C1=O. The largest absolute Gasteiger partial charge is 0.337 e. The van der Waals surface area contributed by atoms with Crippen LogP contribution >= 0.6 is 11.6 Å². The lowest BCUT2D eigenvalue weighted by Crippen LogP contribution is -2.56. The first-order chi connectivity index (χ1) is 12.8. The third kappa shape index (κ3) is 2.41. The molecule has 0 unspecified atom stereocenters. The summed E-state index contributed by atoms with van der Waals surface area (Å²) in [5.74, 6) is -1.59. The van der Waals surface area contributed by atoms with Crippen LogP contribution in [0.3, 0.4) is 0 Å². The van der Waals surface area contributed by atoms with Gasteiger partial charge in [-0.1, -0.05) is 11.6 Å². The van der Waals surface area contributed by atoms with Gasteiger partial charge in [-0.15, -0.1) is 0 Å². The van der Waals surface area contributed by atoms with Crippen LogP contribution < -0.4 is 0 Å². The van der Waals surface area contributed by atoms with E-state index in [0.29, 0.717) is 17.9 Å². The van der Waals surface area contributed by atoms with Gasteiger partial charge in [0.2, 0.25) is 5.95 Å². The number of imide groups is 1. The maximum absolute atomic E-state index is 14.6. The predicted octanol–water partition coefficient (Wildman–Crippen LogP) is 1.63. The van der Waals surface area contributed by atoms with Crippen LogP contribution in [0, 0.1) is 5.95 Å². The number of pyridine rings is 1. The van der Waals surface area contributed by atoms with E-state index in [1.807, 2.05) is 0 Å². The Balaban J connectivity index is 1.57. The zero-order valence-electron chi connectivity index (χ0n) is 14.8. The number of likely N-dealkylation sites (tertiary alicyclic amines) is 1. The Morgan fingerprint density at radius 2 is 1.89 bits per heavy atom. The number of nitrogens with zero attached hydrogens (tertiary/aromatic N) is 5. The molecule has 4 heterocycles. The molecule has 0 aliphatic carbocycles. The summed E-state index contributed by atoms with van der Waals surface area (Å²) in [6, 6.07) is 2.74. The molecule has 2 aliphatic rings. The number of aromatic nitrogens is 2. The molecule has 0 aromatic carbocycles. The van der Waals surface area contributed by atoms with E-state index < -0.39 is 17.4 Å². The number of hydrogen-bond donors (Lipinski definition) is 0. The van der Waals surface area contributed by atoms with Crippen molar-refractivity contribution in [2.45, 2.75) is 18.4 Å². The number of piperidine rings is 1. The molecule has 2 saturated heterocycles. The second-order valence-corrected chi connectivity index (χ2v) is 7.29. The van der Waals surface area contributed by atoms with E-state index >= 15 is 0 Å². The molecule has 4 rings (SSSR count). The third-order valence-electron chi connectivity index (χ3n) is 5.52. The summed E-state index contributed by atoms with van der Waals surface area (Å²) in [6.07, 6.45) is 1.95. The summed E-state index contributed by atoms with van der Waals surface area (Å²) in [7, 11) is 3.04. The zero-order valence-corrected chi connectivity index (χ0v) is 15.5. The van der Waals surface area contributed by atoms with Crippen molar-refractivity contribution in [3.63, 3.8) is 0 Å². The van der Waals surface area contributed by atoms with E-state index in [0.717, 1.165) is 9.30 Å². The average molecular weight is 394 g/mol. The first-order valence-electron chi connectivity index (χ1n) is 8.44. The van der Waals surface area contributed by atoms with Gasteiger partial charge in [0.1, 0.15) is 11.2 Å². The second-order valence-electron chi connectivity index (χ2n) is 6.86. The lowest BCUT2D eigenvalue weighted by Gasteiger charge is -2.40. The molecule has 0 bridgehead atoms. The highest BCUT2D eigenvalue weighted by Crippen LogP contribution is 2.35. The summed E-state index contributed by atoms with van der Waals surface area (Å²) in [4.78, 5) is 45.4. The molecule has 142 valence electrons. The van der Waals surface area contributed by atoms with Gasteiger partial charge in [0.15, 0.2) is 5.69 Å². The molecule has 2 aliphatic heterocycles. The molecule has 27 heavy (non-hydrogen) atoms. The fourth-order valence-electron chi connectivity index (χ4n) is 3.86. The summed E-state index contributed by atoms with van der Waals surface area (Å²) >= 11 is 5.87. The fraction of sp³-hybridized carbons (Fsp3) is 0.412. The number of fused-ring (bicyclic) bond motifs is 1. The van der Waals surface area contributed by atoms with E-state index in [9.17, 15) is 18.8 Å². The number of carbonyl (C=O) groups excluding carboxylic acids is 3. The molecule has 2 aromatic heterocycles. The van der Waals surface area contributed by atoms with Crippen molar-refractivity contribution in [1.82, 2.24) is 24.1 Å². The Hall–Kier alpha value is -2.68. The minimum atomic E-state index is -0.937. The van der Waals surface area contributed by atoms with Gasteiger partial charge in [0.25, 0.3) is 11.8 Å². The predicted molar refractivity (Wildman–Crippen MR) is 94.0 cm³/mol. The first kappa shape index (κ1) is 17.7. The van der Waals surface area contributed by atoms with E-state index in [1.165, 1.54) is 29.1 Å². The van der Waals surface area contributed by atoms with Crippen molar-refractivity contribution in [3.05, 3.63) is 35.0 Å². The van der Waals surface area contributed by atoms with Crippen molar-refractivity contribution >= 4 is 35.1 Å². The molecule has 2 aromatic rings. The van der Waals surface area contributed by atoms with Crippen LogP contribution in [-0.2, 0) is 4.79 Å². The monoisotopic (exact) mass is 393 g/mol. The number of hydrogen-bond acceptors (Lipinski definition) is 4. The highest BCUT2D eigenvalue weighted by molar-refractivity contribution is 6.30. The van der Waals surface area contributed by atoms with E-state index in [-0.39, 0.29) is 36.4 Å². The van der Waals surface area contributed by atoms with E-state index in [1.54, 1.807) is 13.1 Å². The van der Waals surface area contributed by atoms with Gasteiger partial charge in [-0.3, -0.25) is 18.9 Å². The highest BCUT2D eigenvalue weighted by Gasteiger charge is 2.55.